The summed E-state index contributed by atoms with van der Waals surface area (Å²) in [4.78, 5) is 7.85. The first-order valence-electron chi connectivity index (χ1n) is 8.45. The fourth-order valence-electron chi connectivity index (χ4n) is 2.97. The third-order valence-electron chi connectivity index (χ3n) is 4.24. The van der Waals surface area contributed by atoms with Gasteiger partial charge < -0.3 is 16.0 Å². The summed E-state index contributed by atoms with van der Waals surface area (Å²) in [5, 5.41) is 8.52. The zero-order valence-electron chi connectivity index (χ0n) is 14.9. The van der Waals surface area contributed by atoms with Gasteiger partial charge in [-0.15, -0.1) is 0 Å². The van der Waals surface area contributed by atoms with Gasteiger partial charge in [-0.2, -0.15) is 22.5 Å². The van der Waals surface area contributed by atoms with Gasteiger partial charge in [0.05, 0.1) is 27.0 Å². The van der Waals surface area contributed by atoms with Crippen molar-refractivity contribution in [3.05, 3.63) is 28.3 Å². The molecule has 0 aromatic carbocycles. The first-order chi connectivity index (χ1) is 13.1. The Morgan fingerprint density at radius 1 is 1.18 bits per heavy atom. The molecule has 0 bridgehead atoms. The molecule has 5 nitrogen and oxygen atoms in total. The third-order valence-corrected chi connectivity index (χ3v) is 4.73. The lowest BCUT2D eigenvalue weighted by Gasteiger charge is -2.30. The maximum atomic E-state index is 14.9. The van der Waals surface area contributed by atoms with E-state index in [2.05, 4.69) is 25.9 Å². The summed E-state index contributed by atoms with van der Waals surface area (Å²) >= 11 is 12.0. The second-order valence-corrected chi connectivity index (χ2v) is 7.47. The molecule has 0 saturated carbocycles. The number of halogens is 6. The van der Waals surface area contributed by atoms with Crippen LogP contribution in [-0.4, -0.2) is 35.3 Å². The van der Waals surface area contributed by atoms with Gasteiger partial charge in [0.15, 0.2) is 5.82 Å². The number of fused-ring (bicyclic) bond motifs is 1. The van der Waals surface area contributed by atoms with E-state index in [1.165, 1.54) is 26.1 Å². The first kappa shape index (κ1) is 20.7. The molecule has 11 heteroatoms. The van der Waals surface area contributed by atoms with Crippen molar-refractivity contribution in [1.29, 1.82) is 0 Å². The second kappa shape index (κ2) is 7.79. The lowest BCUT2D eigenvalue weighted by Crippen LogP contribution is -2.41. The first-order valence-corrected chi connectivity index (χ1v) is 9.21. The summed E-state index contributed by atoms with van der Waals surface area (Å²) in [5.74, 6) is -1.70. The highest BCUT2D eigenvalue weighted by atomic mass is 35.5. The number of nitrogens with zero attached hydrogens (tertiary/aromatic N) is 2. The average Bonchev–Trinajstić information content (AvgIpc) is 2.58. The van der Waals surface area contributed by atoms with Crippen LogP contribution in [0.3, 0.4) is 0 Å². The van der Waals surface area contributed by atoms with Crippen LogP contribution in [0, 0.1) is 11.9 Å². The van der Waals surface area contributed by atoms with Crippen LogP contribution in [0.15, 0.2) is 12.3 Å². The van der Waals surface area contributed by atoms with Crippen LogP contribution >= 0.6 is 23.2 Å². The second-order valence-electron chi connectivity index (χ2n) is 6.62. The molecule has 0 fully saturated rings. The normalized spacial score (nSPS) is 14.9. The van der Waals surface area contributed by atoms with Crippen molar-refractivity contribution in [2.24, 2.45) is 5.92 Å². The average molecular weight is 438 g/mol. The lowest BCUT2D eigenvalue weighted by atomic mass is 10.0. The lowest BCUT2D eigenvalue weighted by molar-refractivity contribution is -0.150. The van der Waals surface area contributed by atoms with Crippen LogP contribution in [0.1, 0.15) is 13.8 Å². The highest BCUT2D eigenvalue weighted by molar-refractivity contribution is 6.36. The van der Waals surface area contributed by atoms with Crippen molar-refractivity contribution >= 4 is 40.4 Å². The number of hydrogen-bond acceptors (Lipinski definition) is 5. The summed E-state index contributed by atoms with van der Waals surface area (Å²) in [6.45, 7) is 3.72. The third kappa shape index (κ3) is 4.05. The highest BCUT2D eigenvalue weighted by Gasteiger charge is 2.43. The maximum Gasteiger partial charge on any atom is 0.408 e. The number of pyridine rings is 2. The van der Waals surface area contributed by atoms with Crippen molar-refractivity contribution in [3.8, 4) is 11.3 Å². The Labute approximate surface area is 168 Å². The molecule has 1 atom stereocenters. The van der Waals surface area contributed by atoms with Crippen LogP contribution in [0.25, 0.3) is 11.3 Å². The molecule has 0 spiro atoms. The number of anilines is 3. The number of aromatic nitrogens is 2. The number of nitrogens with one attached hydrogen (secondary N) is 3. The van der Waals surface area contributed by atoms with Gasteiger partial charge in [0.2, 0.25) is 5.95 Å². The Morgan fingerprint density at radius 2 is 1.86 bits per heavy atom. The summed E-state index contributed by atoms with van der Waals surface area (Å²) < 4.78 is 55.7. The highest BCUT2D eigenvalue weighted by Crippen LogP contribution is 2.44. The molecular formula is C17H17Cl2F4N5. The number of rotatable bonds is 4. The Kier molecular flexibility index (Phi) is 5.77. The van der Waals surface area contributed by atoms with Crippen LogP contribution in [0.4, 0.5) is 34.8 Å². The van der Waals surface area contributed by atoms with Crippen LogP contribution < -0.4 is 16.0 Å². The molecule has 28 heavy (non-hydrogen) atoms. The predicted molar refractivity (Wildman–Crippen MR) is 103 cm³/mol. The standard InChI is InChI=1S/C17H17Cl2F4N5/c1-7(2)14(17(21,22)23)27-12-10(11-9(19)5-8(18)6-26-11)15(20)28-16-13(12)24-3-4-25-16/h5-7,14,24H,3-4H2,1-2H3,(H2,25,27,28). The fraction of sp³-hybridized carbons (Fsp3) is 0.412. The van der Waals surface area contributed by atoms with E-state index in [0.29, 0.717) is 13.1 Å². The van der Waals surface area contributed by atoms with E-state index in [4.69, 9.17) is 23.2 Å². The molecule has 0 aliphatic carbocycles. The molecule has 152 valence electrons. The molecule has 2 aromatic heterocycles. The Hall–Kier alpha value is -2.00. The molecule has 0 amide bonds. The molecular weight excluding hydrogens is 421 g/mol. The molecule has 3 heterocycles. The Balaban J connectivity index is 2.24. The Morgan fingerprint density at radius 3 is 2.46 bits per heavy atom. The minimum Gasteiger partial charge on any atom is -0.379 e. The van der Waals surface area contributed by atoms with Gasteiger partial charge in [0, 0.05) is 19.3 Å². The van der Waals surface area contributed by atoms with E-state index in [9.17, 15) is 17.6 Å². The van der Waals surface area contributed by atoms with Crippen molar-refractivity contribution in [3.63, 3.8) is 0 Å². The van der Waals surface area contributed by atoms with Gasteiger partial charge in [-0.05, 0) is 12.0 Å². The van der Waals surface area contributed by atoms with Crippen molar-refractivity contribution in [2.45, 2.75) is 26.1 Å². The van der Waals surface area contributed by atoms with E-state index in [-0.39, 0.29) is 38.5 Å². The van der Waals surface area contributed by atoms with E-state index in [1.807, 2.05) is 0 Å². The number of hydrogen-bond donors (Lipinski definition) is 3. The van der Waals surface area contributed by atoms with E-state index >= 15 is 0 Å². The molecule has 3 N–H and O–H groups in total. The van der Waals surface area contributed by atoms with Crippen LogP contribution in [0.2, 0.25) is 10.0 Å². The van der Waals surface area contributed by atoms with Crippen LogP contribution in [-0.2, 0) is 0 Å². The maximum absolute atomic E-state index is 14.9. The zero-order chi connectivity index (χ0) is 20.6. The van der Waals surface area contributed by atoms with Crippen molar-refractivity contribution in [1.82, 2.24) is 9.97 Å². The molecule has 0 saturated heterocycles. The topological polar surface area (TPSA) is 61.9 Å². The van der Waals surface area contributed by atoms with Crippen LogP contribution in [0.5, 0.6) is 0 Å². The largest absolute Gasteiger partial charge is 0.408 e. The summed E-state index contributed by atoms with van der Waals surface area (Å²) in [6, 6.07) is -0.587. The van der Waals surface area contributed by atoms with E-state index in [0.717, 1.165) is 0 Å². The number of alkyl halides is 3. The Bertz CT molecular complexity index is 889. The van der Waals surface area contributed by atoms with Crippen molar-refractivity contribution in [2.75, 3.05) is 29.0 Å². The monoisotopic (exact) mass is 437 g/mol. The van der Waals surface area contributed by atoms with Gasteiger partial charge in [-0.25, -0.2) is 0 Å². The van der Waals surface area contributed by atoms with Gasteiger partial charge in [-0.3, -0.25) is 4.98 Å². The quantitative estimate of drug-likeness (QED) is 0.439. The molecule has 1 aliphatic heterocycles. The molecule has 3 rings (SSSR count). The predicted octanol–water partition coefficient (Wildman–Crippen LogP) is 5.43. The summed E-state index contributed by atoms with van der Waals surface area (Å²) in [5.41, 5.74) is -0.197. The minimum atomic E-state index is -4.56. The van der Waals surface area contributed by atoms with E-state index < -0.39 is 24.1 Å². The zero-order valence-corrected chi connectivity index (χ0v) is 16.4. The van der Waals surface area contributed by atoms with Crippen molar-refractivity contribution < 1.29 is 17.6 Å². The molecule has 1 unspecified atom stereocenters. The molecule has 2 aromatic rings. The van der Waals surface area contributed by atoms with E-state index in [1.54, 1.807) is 0 Å². The smallest absolute Gasteiger partial charge is 0.379 e. The summed E-state index contributed by atoms with van der Waals surface area (Å²) in [7, 11) is 0. The van der Waals surface area contributed by atoms with Gasteiger partial charge in [0.25, 0.3) is 0 Å². The molecule has 1 aliphatic rings. The molecule has 0 radical (unpaired) electrons. The SMILES string of the molecule is CC(C)C(Nc1c2c(nc(F)c1-c1ncc(Cl)cc1Cl)NCCN2)C(F)(F)F. The van der Waals surface area contributed by atoms with Gasteiger partial charge in [-0.1, -0.05) is 37.0 Å². The van der Waals surface area contributed by atoms with Gasteiger partial charge in [0.1, 0.15) is 11.7 Å². The summed E-state index contributed by atoms with van der Waals surface area (Å²) in [6.07, 6.45) is -3.32. The van der Waals surface area contributed by atoms with Gasteiger partial charge >= 0.3 is 6.18 Å². The minimum absolute atomic E-state index is 0.00641. The fourth-order valence-corrected chi connectivity index (χ4v) is 3.44.